The van der Waals surface area contributed by atoms with Crippen LogP contribution in [0, 0.1) is 11.3 Å². The third-order valence-electron chi connectivity index (χ3n) is 4.90. The van der Waals surface area contributed by atoms with Crippen molar-refractivity contribution in [2.24, 2.45) is 10.8 Å². The summed E-state index contributed by atoms with van der Waals surface area (Å²) in [5.41, 5.74) is 4.87. The van der Waals surface area contributed by atoms with Crippen molar-refractivity contribution in [3.8, 4) is 6.07 Å². The van der Waals surface area contributed by atoms with Crippen molar-refractivity contribution >= 4 is 5.71 Å². The number of ether oxygens (including phenoxy) is 1. The Morgan fingerprint density at radius 2 is 1.97 bits per heavy atom. The molecule has 33 heavy (non-hydrogen) atoms. The second kappa shape index (κ2) is 11.9. The van der Waals surface area contributed by atoms with Gasteiger partial charge in [0.25, 0.3) is 0 Å². The molecular formula is C27H37N5O. The van der Waals surface area contributed by atoms with Gasteiger partial charge < -0.3 is 10.1 Å². The largest absolute Gasteiger partial charge is 0.488 e. The highest BCUT2D eigenvalue weighted by molar-refractivity contribution is 6.01. The minimum atomic E-state index is -0.304. The zero-order valence-corrected chi connectivity index (χ0v) is 20.9. The van der Waals surface area contributed by atoms with Gasteiger partial charge in [-0.05, 0) is 64.3 Å². The number of nitriles is 1. The van der Waals surface area contributed by atoms with E-state index in [9.17, 15) is 5.26 Å². The number of nitrogens with one attached hydrogen (secondary N) is 1. The number of nitrogens with two attached hydrogens (primary N) is 1. The van der Waals surface area contributed by atoms with Crippen LogP contribution in [0.2, 0.25) is 0 Å². The fourth-order valence-corrected chi connectivity index (χ4v) is 2.92. The first-order valence-corrected chi connectivity index (χ1v) is 10.7. The first-order valence-electron chi connectivity index (χ1n) is 10.7. The normalized spacial score (nSPS) is 16.6. The molecule has 0 amide bonds. The maximum Gasteiger partial charge on any atom is 0.143 e. The van der Waals surface area contributed by atoms with Gasteiger partial charge in [-0.1, -0.05) is 44.5 Å². The summed E-state index contributed by atoms with van der Waals surface area (Å²) in [6, 6.07) is 2.04. The molecule has 0 spiro atoms. The van der Waals surface area contributed by atoms with Gasteiger partial charge in [-0.25, -0.2) is 10.8 Å². The number of rotatable bonds is 9. The van der Waals surface area contributed by atoms with Crippen LogP contribution in [0.5, 0.6) is 0 Å². The van der Waals surface area contributed by atoms with E-state index < -0.39 is 0 Å². The SMILES string of the molecule is C=C/C(=C\C(C)=C(/C)C(=C)OC(C)(C)C)CNC(=C)C1=N/C(=C/C)N(N)C(C(=C)C#N)=CC1. The topological polar surface area (TPSA) is 86.7 Å². The smallest absolute Gasteiger partial charge is 0.143 e. The number of allylic oxidation sites excluding steroid dienone is 7. The van der Waals surface area contributed by atoms with E-state index in [1.807, 2.05) is 59.8 Å². The van der Waals surface area contributed by atoms with Gasteiger partial charge in [-0.2, -0.15) is 5.26 Å². The Hall–Kier alpha value is -3.56. The molecule has 0 aromatic rings. The van der Waals surface area contributed by atoms with Crippen molar-refractivity contribution in [3.63, 3.8) is 0 Å². The lowest BCUT2D eigenvalue weighted by atomic mass is 10.1. The molecule has 6 nitrogen and oxygen atoms in total. The van der Waals surface area contributed by atoms with Crippen LogP contribution in [0.4, 0.5) is 0 Å². The number of aliphatic imine (C=N–C) groups is 1. The summed E-state index contributed by atoms with van der Waals surface area (Å²) in [4.78, 5) is 4.62. The summed E-state index contributed by atoms with van der Waals surface area (Å²) in [5, 5.41) is 13.9. The Morgan fingerprint density at radius 1 is 1.33 bits per heavy atom. The molecule has 1 aliphatic rings. The first kappa shape index (κ1) is 27.5. The van der Waals surface area contributed by atoms with E-state index in [-0.39, 0.29) is 11.2 Å². The van der Waals surface area contributed by atoms with E-state index in [0.29, 0.717) is 35.9 Å². The van der Waals surface area contributed by atoms with E-state index in [2.05, 4.69) is 36.6 Å². The molecular weight excluding hydrogens is 410 g/mol. The predicted molar refractivity (Wildman–Crippen MR) is 138 cm³/mol. The van der Waals surface area contributed by atoms with Crippen molar-refractivity contribution < 1.29 is 4.74 Å². The highest BCUT2D eigenvalue weighted by Crippen LogP contribution is 2.23. The minimum absolute atomic E-state index is 0.276. The van der Waals surface area contributed by atoms with Crippen LogP contribution in [0.25, 0.3) is 0 Å². The van der Waals surface area contributed by atoms with Crippen LogP contribution < -0.4 is 11.2 Å². The molecule has 0 atom stereocenters. The second-order valence-electron chi connectivity index (χ2n) is 8.66. The van der Waals surface area contributed by atoms with E-state index in [1.165, 1.54) is 5.01 Å². The molecule has 0 aliphatic carbocycles. The average molecular weight is 448 g/mol. The van der Waals surface area contributed by atoms with Gasteiger partial charge in [-0.15, -0.1) is 0 Å². The molecule has 0 fully saturated rings. The highest BCUT2D eigenvalue weighted by Gasteiger charge is 2.19. The van der Waals surface area contributed by atoms with Crippen LogP contribution in [-0.2, 0) is 4.74 Å². The molecule has 1 heterocycles. The summed E-state index contributed by atoms with van der Waals surface area (Å²) in [6.45, 7) is 28.2. The van der Waals surface area contributed by atoms with Crippen molar-refractivity contribution in [3.05, 3.63) is 95.9 Å². The highest BCUT2D eigenvalue weighted by atomic mass is 16.5. The Balaban J connectivity index is 3.03. The first-order chi connectivity index (χ1) is 15.3. The van der Waals surface area contributed by atoms with E-state index in [0.717, 1.165) is 22.4 Å². The average Bonchev–Trinajstić information content (AvgIpc) is 2.92. The fourth-order valence-electron chi connectivity index (χ4n) is 2.92. The van der Waals surface area contributed by atoms with Crippen molar-refractivity contribution in [1.82, 2.24) is 10.3 Å². The molecule has 0 radical (unpaired) electrons. The lowest BCUT2D eigenvalue weighted by molar-refractivity contribution is 0.0581. The van der Waals surface area contributed by atoms with Gasteiger partial charge in [0.1, 0.15) is 23.3 Å². The monoisotopic (exact) mass is 447 g/mol. The maximum atomic E-state index is 9.21. The summed E-state index contributed by atoms with van der Waals surface area (Å²) in [6.07, 6.45) is 7.91. The fraction of sp³-hybridized carbons (Fsp3) is 0.333. The van der Waals surface area contributed by atoms with Gasteiger partial charge in [0.15, 0.2) is 0 Å². The quantitative estimate of drug-likeness (QED) is 0.204. The molecule has 0 aromatic heterocycles. The molecule has 6 heteroatoms. The van der Waals surface area contributed by atoms with Gasteiger partial charge in [0.05, 0.1) is 17.0 Å². The molecule has 1 aliphatic heterocycles. The van der Waals surface area contributed by atoms with Gasteiger partial charge >= 0.3 is 0 Å². The van der Waals surface area contributed by atoms with E-state index in [4.69, 9.17) is 10.6 Å². The molecule has 0 aromatic carbocycles. The van der Waals surface area contributed by atoms with Crippen LogP contribution in [0.1, 0.15) is 48.0 Å². The Kier molecular flexibility index (Phi) is 9.90. The molecule has 0 bridgehead atoms. The molecule has 3 N–H and O–H groups in total. The summed E-state index contributed by atoms with van der Waals surface area (Å²) >= 11 is 0. The number of hydrogen-bond donors (Lipinski definition) is 2. The zero-order valence-electron chi connectivity index (χ0n) is 20.9. The van der Waals surface area contributed by atoms with Crippen molar-refractivity contribution in [2.75, 3.05) is 6.54 Å². The molecule has 0 saturated carbocycles. The van der Waals surface area contributed by atoms with Crippen molar-refractivity contribution in [1.29, 1.82) is 5.26 Å². The predicted octanol–water partition coefficient (Wildman–Crippen LogP) is 5.71. The number of hydrogen-bond acceptors (Lipinski definition) is 6. The second-order valence-corrected chi connectivity index (χ2v) is 8.66. The zero-order chi connectivity index (χ0) is 25.3. The van der Waals surface area contributed by atoms with Crippen LogP contribution in [-0.4, -0.2) is 22.9 Å². The molecule has 1 rings (SSSR count). The van der Waals surface area contributed by atoms with Crippen LogP contribution in [0.3, 0.4) is 0 Å². The standard InChI is InChI=1S/C27H37N5O/c1-11-23(15-18(3)20(5)22(7)33-27(8,9)10)17-30-21(6)24-13-14-25(19(4)16-28)32(29)26(12-2)31-24/h11-12,14-15,30H,1,4,6-7,13,17,29H2,2-3,5,8-10H3/b20-18+,23-15+,26-12-. The molecule has 176 valence electrons. The number of hydrazine groups is 1. The summed E-state index contributed by atoms with van der Waals surface area (Å²) in [5.74, 6) is 7.31. The van der Waals surface area contributed by atoms with Gasteiger partial charge in [0.2, 0.25) is 0 Å². The number of nitrogens with zero attached hydrogens (tertiary/aromatic N) is 3. The van der Waals surface area contributed by atoms with E-state index in [1.54, 1.807) is 12.2 Å². The van der Waals surface area contributed by atoms with Gasteiger partial charge in [0, 0.05) is 18.7 Å². The Labute approximate surface area is 199 Å². The van der Waals surface area contributed by atoms with Crippen molar-refractivity contribution in [2.45, 2.75) is 53.6 Å². The summed E-state index contributed by atoms with van der Waals surface area (Å²) in [7, 11) is 0. The summed E-state index contributed by atoms with van der Waals surface area (Å²) < 4.78 is 5.88. The Bertz CT molecular complexity index is 1020. The minimum Gasteiger partial charge on any atom is -0.488 e. The third kappa shape index (κ3) is 8.13. The lowest BCUT2D eigenvalue weighted by Crippen LogP contribution is -2.29. The Morgan fingerprint density at radius 3 is 2.48 bits per heavy atom. The van der Waals surface area contributed by atoms with Crippen LogP contribution in [0.15, 0.2) is 101 Å². The molecule has 0 unspecified atom stereocenters. The maximum absolute atomic E-state index is 9.21. The van der Waals surface area contributed by atoms with E-state index >= 15 is 0 Å². The lowest BCUT2D eigenvalue weighted by Gasteiger charge is -2.23. The van der Waals surface area contributed by atoms with Gasteiger partial charge in [-0.3, -0.25) is 5.01 Å². The molecule has 0 saturated heterocycles. The van der Waals surface area contributed by atoms with Crippen LogP contribution >= 0.6 is 0 Å². The third-order valence-corrected chi connectivity index (χ3v) is 4.90.